The Bertz CT molecular complexity index is 517. The Kier molecular flexibility index (Phi) is 7.31. The van der Waals surface area contributed by atoms with Crippen LogP contribution in [0.3, 0.4) is 0 Å². The van der Waals surface area contributed by atoms with Crippen molar-refractivity contribution in [3.63, 3.8) is 0 Å². The minimum absolute atomic E-state index is 0.0615. The fourth-order valence-corrected chi connectivity index (χ4v) is 1.80. The Morgan fingerprint density at radius 2 is 2.14 bits per heavy atom. The van der Waals surface area contributed by atoms with Gasteiger partial charge in [0.2, 0.25) is 0 Å². The number of carbonyl (C=O) groups is 1. The molecule has 0 aliphatic heterocycles. The normalized spacial score (nSPS) is 10.5. The average Bonchev–Trinajstić information content (AvgIpc) is 2.49. The Hall–Kier alpha value is -2.15. The number of carbonyl (C=O) groups excluding carboxylic acids is 1. The van der Waals surface area contributed by atoms with Crippen LogP contribution in [0.25, 0.3) is 0 Å². The molecule has 0 radical (unpaired) electrons. The van der Waals surface area contributed by atoms with Crippen LogP contribution < -0.4 is 5.32 Å². The highest BCUT2D eigenvalue weighted by Gasteiger charge is 2.21. The summed E-state index contributed by atoms with van der Waals surface area (Å²) in [5.41, 5.74) is 0.307. The molecule has 0 amide bonds. The third-order valence-corrected chi connectivity index (χ3v) is 2.84. The van der Waals surface area contributed by atoms with Gasteiger partial charge in [-0.1, -0.05) is 13.8 Å². The summed E-state index contributed by atoms with van der Waals surface area (Å²) in [6, 6.07) is 4.29. The summed E-state index contributed by atoms with van der Waals surface area (Å²) in [5.74, 6) is -0.221. The van der Waals surface area contributed by atoms with Crippen molar-refractivity contribution in [1.82, 2.24) is 0 Å². The van der Waals surface area contributed by atoms with Crippen molar-refractivity contribution in [3.05, 3.63) is 33.9 Å². The number of nitro groups is 1. The van der Waals surface area contributed by atoms with Crippen molar-refractivity contribution in [2.75, 3.05) is 32.2 Å². The summed E-state index contributed by atoms with van der Waals surface area (Å²) in [4.78, 5) is 21.9. The van der Waals surface area contributed by atoms with E-state index in [1.807, 2.05) is 0 Å². The number of hydrogen-bond acceptors (Lipinski definition) is 6. The Labute approximate surface area is 129 Å². The molecule has 122 valence electrons. The lowest BCUT2D eigenvalue weighted by Gasteiger charge is -2.09. The lowest BCUT2D eigenvalue weighted by atomic mass is 10.1. The SMILES string of the molecule is COC(=O)c1cc(NCCCOCC(C)C)ccc1[N+](=O)[O-]. The van der Waals surface area contributed by atoms with E-state index < -0.39 is 10.9 Å². The molecule has 1 aromatic carbocycles. The number of rotatable bonds is 9. The number of benzene rings is 1. The van der Waals surface area contributed by atoms with Gasteiger partial charge in [0.15, 0.2) is 0 Å². The van der Waals surface area contributed by atoms with E-state index in [0.29, 0.717) is 24.8 Å². The summed E-state index contributed by atoms with van der Waals surface area (Å²) < 4.78 is 10.0. The summed E-state index contributed by atoms with van der Waals surface area (Å²) in [5, 5.41) is 14.0. The maximum Gasteiger partial charge on any atom is 0.344 e. The van der Waals surface area contributed by atoms with Crippen molar-refractivity contribution in [3.8, 4) is 0 Å². The second-order valence-electron chi connectivity index (χ2n) is 5.23. The molecular formula is C15H22N2O5. The van der Waals surface area contributed by atoms with E-state index >= 15 is 0 Å². The van der Waals surface area contributed by atoms with Gasteiger partial charge >= 0.3 is 5.97 Å². The average molecular weight is 310 g/mol. The molecule has 7 nitrogen and oxygen atoms in total. The number of nitro benzene ring substituents is 1. The van der Waals surface area contributed by atoms with Crippen molar-refractivity contribution >= 4 is 17.3 Å². The standard InChI is InChI=1S/C15H22N2O5/c1-11(2)10-22-8-4-7-16-12-5-6-14(17(19)20)13(9-12)15(18)21-3/h5-6,9,11,16H,4,7-8,10H2,1-3H3. The van der Waals surface area contributed by atoms with E-state index in [-0.39, 0.29) is 11.3 Å². The summed E-state index contributed by atoms with van der Waals surface area (Å²) in [6.45, 7) is 6.19. The van der Waals surface area contributed by atoms with Gasteiger partial charge < -0.3 is 14.8 Å². The van der Waals surface area contributed by atoms with Crippen LogP contribution in [-0.2, 0) is 9.47 Å². The largest absolute Gasteiger partial charge is 0.465 e. The molecule has 1 aromatic rings. The van der Waals surface area contributed by atoms with Crippen molar-refractivity contribution in [1.29, 1.82) is 0 Å². The van der Waals surface area contributed by atoms with E-state index in [2.05, 4.69) is 23.9 Å². The van der Waals surface area contributed by atoms with Crippen molar-refractivity contribution in [2.45, 2.75) is 20.3 Å². The second-order valence-corrected chi connectivity index (χ2v) is 5.23. The first kappa shape index (κ1) is 17.9. The Morgan fingerprint density at radius 1 is 1.41 bits per heavy atom. The Balaban J connectivity index is 2.57. The first-order chi connectivity index (χ1) is 10.5. The van der Waals surface area contributed by atoms with E-state index in [1.54, 1.807) is 6.07 Å². The maximum absolute atomic E-state index is 11.6. The molecule has 0 spiro atoms. The van der Waals surface area contributed by atoms with Crippen LogP contribution in [0.15, 0.2) is 18.2 Å². The first-order valence-electron chi connectivity index (χ1n) is 7.14. The van der Waals surface area contributed by atoms with Gasteiger partial charge in [0.05, 0.1) is 12.0 Å². The van der Waals surface area contributed by atoms with Crippen molar-refractivity contribution < 1.29 is 19.2 Å². The molecule has 0 bridgehead atoms. The van der Waals surface area contributed by atoms with Crippen LogP contribution in [0.4, 0.5) is 11.4 Å². The topological polar surface area (TPSA) is 90.7 Å². The molecule has 0 atom stereocenters. The number of esters is 1. The summed E-state index contributed by atoms with van der Waals surface area (Å²) in [7, 11) is 1.19. The zero-order chi connectivity index (χ0) is 16.5. The number of ether oxygens (including phenoxy) is 2. The number of hydrogen-bond donors (Lipinski definition) is 1. The van der Waals surface area contributed by atoms with E-state index in [9.17, 15) is 14.9 Å². The number of anilines is 1. The highest BCUT2D eigenvalue weighted by Crippen LogP contribution is 2.23. The molecule has 1 N–H and O–H groups in total. The van der Waals surface area contributed by atoms with Crippen LogP contribution in [0.5, 0.6) is 0 Å². The van der Waals surface area contributed by atoms with Crippen LogP contribution in [0.2, 0.25) is 0 Å². The van der Waals surface area contributed by atoms with E-state index in [4.69, 9.17) is 4.74 Å². The fourth-order valence-electron chi connectivity index (χ4n) is 1.80. The zero-order valence-corrected chi connectivity index (χ0v) is 13.1. The number of nitrogens with zero attached hydrogens (tertiary/aromatic N) is 1. The molecule has 1 rings (SSSR count). The quantitative estimate of drug-likeness (QED) is 0.326. The number of methoxy groups -OCH3 is 1. The molecule has 0 heterocycles. The van der Waals surface area contributed by atoms with Gasteiger partial charge in [0, 0.05) is 31.5 Å². The molecule has 22 heavy (non-hydrogen) atoms. The van der Waals surface area contributed by atoms with Gasteiger partial charge in [0.1, 0.15) is 5.56 Å². The molecular weight excluding hydrogens is 288 g/mol. The molecule has 0 saturated carbocycles. The molecule has 0 aromatic heterocycles. The third-order valence-electron chi connectivity index (χ3n) is 2.84. The third kappa shape index (κ3) is 5.69. The molecule has 0 aliphatic rings. The van der Waals surface area contributed by atoms with E-state index in [1.165, 1.54) is 19.2 Å². The fraction of sp³-hybridized carbons (Fsp3) is 0.533. The molecule has 7 heteroatoms. The lowest BCUT2D eigenvalue weighted by molar-refractivity contribution is -0.385. The minimum Gasteiger partial charge on any atom is -0.465 e. The minimum atomic E-state index is -0.726. The van der Waals surface area contributed by atoms with Crippen molar-refractivity contribution in [2.24, 2.45) is 5.92 Å². The predicted molar refractivity (Wildman–Crippen MR) is 83.2 cm³/mol. The lowest BCUT2D eigenvalue weighted by Crippen LogP contribution is -2.10. The monoisotopic (exact) mass is 310 g/mol. The smallest absolute Gasteiger partial charge is 0.344 e. The highest BCUT2D eigenvalue weighted by atomic mass is 16.6. The van der Waals surface area contributed by atoms with E-state index in [0.717, 1.165) is 13.0 Å². The highest BCUT2D eigenvalue weighted by molar-refractivity contribution is 5.95. The number of nitrogens with one attached hydrogen (secondary N) is 1. The van der Waals surface area contributed by atoms with Crippen LogP contribution in [0.1, 0.15) is 30.6 Å². The van der Waals surface area contributed by atoms with Gasteiger partial charge in [0.25, 0.3) is 5.69 Å². The second kappa shape index (κ2) is 8.99. The zero-order valence-electron chi connectivity index (χ0n) is 13.1. The molecule has 0 fully saturated rings. The van der Waals surface area contributed by atoms with Gasteiger partial charge in [-0.3, -0.25) is 10.1 Å². The van der Waals surface area contributed by atoms with Crippen LogP contribution in [-0.4, -0.2) is 37.8 Å². The molecule has 0 aliphatic carbocycles. The summed E-state index contributed by atoms with van der Waals surface area (Å²) >= 11 is 0. The predicted octanol–water partition coefficient (Wildman–Crippen LogP) is 2.86. The Morgan fingerprint density at radius 3 is 2.73 bits per heavy atom. The van der Waals surface area contributed by atoms with Gasteiger partial charge in [-0.2, -0.15) is 0 Å². The first-order valence-corrected chi connectivity index (χ1v) is 7.14. The molecule has 0 unspecified atom stereocenters. The van der Waals surface area contributed by atoms with Crippen LogP contribution >= 0.6 is 0 Å². The maximum atomic E-state index is 11.6. The van der Waals surface area contributed by atoms with Gasteiger partial charge in [-0.25, -0.2) is 4.79 Å². The molecule has 0 saturated heterocycles. The summed E-state index contributed by atoms with van der Waals surface area (Å²) in [6.07, 6.45) is 0.803. The van der Waals surface area contributed by atoms with Gasteiger partial charge in [-0.15, -0.1) is 0 Å². The van der Waals surface area contributed by atoms with Crippen LogP contribution in [0, 0.1) is 16.0 Å². The van der Waals surface area contributed by atoms with Gasteiger partial charge in [-0.05, 0) is 24.5 Å².